The maximum atomic E-state index is 13.9. The van der Waals surface area contributed by atoms with Gasteiger partial charge in [0.05, 0.1) is 11.6 Å². The van der Waals surface area contributed by atoms with Gasteiger partial charge >= 0.3 is 11.9 Å². The number of nitrogens with zero attached hydrogens (tertiary/aromatic N) is 1. The number of hydrogen-bond donors (Lipinski definition) is 0. The normalized spacial score (nSPS) is 10.0. The fourth-order valence-corrected chi connectivity index (χ4v) is 1.62. The molecule has 0 aliphatic carbocycles. The molecule has 108 valence electrons. The first-order chi connectivity index (χ1) is 9.43. The van der Waals surface area contributed by atoms with Crippen LogP contribution < -0.4 is 4.90 Å². The molecule has 0 aromatic heterocycles. The second-order valence-electron chi connectivity index (χ2n) is 3.62. The molecule has 0 spiro atoms. The summed E-state index contributed by atoms with van der Waals surface area (Å²) in [5.41, 5.74) is -0.713. The molecule has 0 saturated heterocycles. The second kappa shape index (κ2) is 7.00. The Morgan fingerprint density at radius 1 is 1.45 bits per heavy atom. The van der Waals surface area contributed by atoms with E-state index in [1.165, 1.54) is 13.0 Å². The number of esters is 1. The van der Waals surface area contributed by atoms with Gasteiger partial charge in [0.2, 0.25) is 0 Å². The number of anilines is 1. The van der Waals surface area contributed by atoms with E-state index < -0.39 is 29.2 Å². The van der Waals surface area contributed by atoms with Crippen molar-refractivity contribution in [3.8, 4) is 0 Å². The molecule has 1 amide bonds. The van der Waals surface area contributed by atoms with E-state index in [1.807, 2.05) is 0 Å². The highest BCUT2D eigenvalue weighted by molar-refractivity contribution is 6.38. The average molecular weight is 304 g/mol. The van der Waals surface area contributed by atoms with Gasteiger partial charge in [-0.2, -0.15) is 0 Å². The zero-order valence-electron chi connectivity index (χ0n) is 10.7. The smallest absolute Gasteiger partial charge is 0.397 e. The fourth-order valence-electron chi connectivity index (χ4n) is 1.47. The third-order valence-electron chi connectivity index (χ3n) is 2.30. The van der Waals surface area contributed by atoms with Crippen LogP contribution in [0.2, 0.25) is 5.02 Å². The monoisotopic (exact) mass is 303 g/mol. The van der Waals surface area contributed by atoms with Crippen molar-refractivity contribution in [1.82, 2.24) is 0 Å². The van der Waals surface area contributed by atoms with Crippen LogP contribution in [0.15, 0.2) is 24.8 Å². The van der Waals surface area contributed by atoms with Crippen LogP contribution in [-0.2, 0) is 14.3 Å². The van der Waals surface area contributed by atoms with Crippen LogP contribution in [0.1, 0.15) is 6.92 Å². The Morgan fingerprint density at radius 3 is 2.65 bits per heavy atom. The summed E-state index contributed by atoms with van der Waals surface area (Å²) < 4.78 is 32.1. The van der Waals surface area contributed by atoms with E-state index in [9.17, 15) is 18.4 Å². The molecule has 20 heavy (non-hydrogen) atoms. The van der Waals surface area contributed by atoms with Gasteiger partial charge in [-0.3, -0.25) is 9.69 Å². The van der Waals surface area contributed by atoms with E-state index in [-0.39, 0.29) is 18.2 Å². The van der Waals surface area contributed by atoms with Gasteiger partial charge in [-0.25, -0.2) is 13.6 Å². The van der Waals surface area contributed by atoms with Crippen LogP contribution in [-0.4, -0.2) is 25.0 Å². The van der Waals surface area contributed by atoms with Gasteiger partial charge in [-0.1, -0.05) is 17.7 Å². The largest absolute Gasteiger partial charge is 0.459 e. The lowest BCUT2D eigenvalue weighted by molar-refractivity contribution is -0.153. The highest BCUT2D eigenvalue weighted by atomic mass is 35.5. The van der Waals surface area contributed by atoms with E-state index in [1.54, 1.807) is 0 Å². The quantitative estimate of drug-likeness (QED) is 0.372. The molecule has 7 heteroatoms. The van der Waals surface area contributed by atoms with Gasteiger partial charge in [-0.15, -0.1) is 6.58 Å². The third-order valence-corrected chi connectivity index (χ3v) is 2.59. The maximum absolute atomic E-state index is 13.9. The summed E-state index contributed by atoms with van der Waals surface area (Å²) in [6.07, 6.45) is 1.22. The van der Waals surface area contributed by atoms with Gasteiger partial charge in [0, 0.05) is 6.54 Å². The summed E-state index contributed by atoms with van der Waals surface area (Å²) in [7, 11) is 0. The van der Waals surface area contributed by atoms with Gasteiger partial charge < -0.3 is 4.74 Å². The minimum absolute atomic E-state index is 0.0347. The summed E-state index contributed by atoms with van der Waals surface area (Å²) in [5, 5.41) is -0.368. The van der Waals surface area contributed by atoms with Crippen molar-refractivity contribution in [2.75, 3.05) is 18.1 Å². The lowest BCUT2D eigenvalue weighted by atomic mass is 10.2. The van der Waals surface area contributed by atoms with Gasteiger partial charge in [0.1, 0.15) is 11.5 Å². The molecule has 0 saturated carbocycles. The first kappa shape index (κ1) is 16.1. The Hall–Kier alpha value is -1.95. The number of hydrogen-bond acceptors (Lipinski definition) is 3. The molecule has 0 aliphatic rings. The van der Waals surface area contributed by atoms with Crippen molar-refractivity contribution in [3.05, 3.63) is 41.4 Å². The number of carbonyl (C=O) groups is 2. The summed E-state index contributed by atoms with van der Waals surface area (Å²) >= 11 is 5.55. The molecule has 0 unspecified atom stereocenters. The van der Waals surface area contributed by atoms with Crippen LogP contribution in [0.5, 0.6) is 0 Å². The SMILES string of the molecule is C=CCN(C(=O)C(=O)OCC)c1c(F)ccc(Cl)c1F. The van der Waals surface area contributed by atoms with Crippen LogP contribution >= 0.6 is 11.6 Å². The number of carbonyl (C=O) groups excluding carboxylic acids is 2. The molecule has 1 aromatic carbocycles. The van der Waals surface area contributed by atoms with Crippen LogP contribution in [0.4, 0.5) is 14.5 Å². The van der Waals surface area contributed by atoms with E-state index in [0.717, 1.165) is 12.1 Å². The Kier molecular flexibility index (Phi) is 5.64. The number of ether oxygens (including phenoxy) is 1. The van der Waals surface area contributed by atoms with Crippen LogP contribution in [0.3, 0.4) is 0 Å². The molecule has 0 radical (unpaired) electrons. The molecule has 0 aliphatic heterocycles. The molecule has 0 N–H and O–H groups in total. The van der Waals surface area contributed by atoms with E-state index in [4.69, 9.17) is 11.6 Å². The zero-order chi connectivity index (χ0) is 15.3. The van der Waals surface area contributed by atoms with Crippen molar-refractivity contribution in [2.24, 2.45) is 0 Å². The number of benzene rings is 1. The zero-order valence-corrected chi connectivity index (χ0v) is 11.4. The third kappa shape index (κ3) is 3.33. The summed E-state index contributed by atoms with van der Waals surface area (Å²) in [6, 6.07) is 1.91. The molecule has 0 fully saturated rings. The van der Waals surface area contributed by atoms with E-state index >= 15 is 0 Å². The fraction of sp³-hybridized carbons (Fsp3) is 0.231. The van der Waals surface area contributed by atoms with Crippen LogP contribution in [0, 0.1) is 11.6 Å². The van der Waals surface area contributed by atoms with Crippen molar-refractivity contribution in [1.29, 1.82) is 0 Å². The predicted molar refractivity (Wildman–Crippen MR) is 70.6 cm³/mol. The Morgan fingerprint density at radius 2 is 2.10 bits per heavy atom. The predicted octanol–water partition coefficient (Wildman–Crippen LogP) is 2.70. The average Bonchev–Trinajstić information content (AvgIpc) is 2.42. The Labute approximate surface area is 119 Å². The number of amides is 1. The highest BCUT2D eigenvalue weighted by Crippen LogP contribution is 2.29. The number of halogens is 3. The highest BCUT2D eigenvalue weighted by Gasteiger charge is 2.29. The summed E-state index contributed by atoms with van der Waals surface area (Å²) in [4.78, 5) is 23.9. The van der Waals surface area contributed by atoms with E-state index in [2.05, 4.69) is 11.3 Å². The van der Waals surface area contributed by atoms with Crippen LogP contribution in [0.25, 0.3) is 0 Å². The van der Waals surface area contributed by atoms with Crippen molar-refractivity contribution >= 4 is 29.2 Å². The Bertz CT molecular complexity index is 549. The lowest BCUT2D eigenvalue weighted by Gasteiger charge is -2.21. The minimum atomic E-state index is -1.21. The van der Waals surface area contributed by atoms with Gasteiger partial charge in [-0.05, 0) is 19.1 Å². The number of rotatable bonds is 4. The molecule has 1 rings (SSSR count). The standard InChI is InChI=1S/C13H12ClF2NO3/c1-3-7-17(12(18)13(19)20-4-2)11-9(15)6-5-8(14)10(11)16/h3,5-6H,1,4,7H2,2H3. The first-order valence-corrected chi connectivity index (χ1v) is 6.04. The van der Waals surface area contributed by atoms with Gasteiger partial charge in [0.25, 0.3) is 0 Å². The molecule has 1 aromatic rings. The Balaban J connectivity index is 3.27. The summed E-state index contributed by atoms with van der Waals surface area (Å²) in [5.74, 6) is -4.57. The van der Waals surface area contributed by atoms with Crippen molar-refractivity contribution in [3.63, 3.8) is 0 Å². The molecule has 0 heterocycles. The lowest BCUT2D eigenvalue weighted by Crippen LogP contribution is -2.39. The first-order valence-electron chi connectivity index (χ1n) is 5.67. The van der Waals surface area contributed by atoms with Gasteiger partial charge in [0.15, 0.2) is 5.82 Å². The molecule has 0 bridgehead atoms. The summed E-state index contributed by atoms with van der Waals surface area (Å²) in [6.45, 7) is 4.57. The van der Waals surface area contributed by atoms with Crippen molar-refractivity contribution < 1.29 is 23.1 Å². The van der Waals surface area contributed by atoms with Crippen molar-refractivity contribution in [2.45, 2.75) is 6.92 Å². The molecule has 4 nitrogen and oxygen atoms in total. The minimum Gasteiger partial charge on any atom is -0.459 e. The second-order valence-corrected chi connectivity index (χ2v) is 4.02. The molecular formula is C13H12ClF2NO3. The topological polar surface area (TPSA) is 46.6 Å². The molecule has 0 atom stereocenters. The van der Waals surface area contributed by atoms with E-state index in [0.29, 0.717) is 4.90 Å². The molecular weight excluding hydrogens is 292 g/mol. The maximum Gasteiger partial charge on any atom is 0.397 e.